The summed E-state index contributed by atoms with van der Waals surface area (Å²) in [6.45, 7) is 0.635. The summed E-state index contributed by atoms with van der Waals surface area (Å²) in [6.07, 6.45) is 5.50. The first kappa shape index (κ1) is 16.4. The van der Waals surface area contributed by atoms with Crippen molar-refractivity contribution in [1.82, 2.24) is 15.3 Å². The van der Waals surface area contributed by atoms with Gasteiger partial charge in [0.2, 0.25) is 0 Å². The van der Waals surface area contributed by atoms with Crippen LogP contribution in [0.2, 0.25) is 0 Å². The van der Waals surface area contributed by atoms with E-state index >= 15 is 0 Å². The Kier molecular flexibility index (Phi) is 4.75. The molecule has 0 aromatic carbocycles. The number of carbonyl (C=O) groups is 1. The second-order valence-electron chi connectivity index (χ2n) is 5.71. The average Bonchev–Trinajstić information content (AvgIpc) is 2.93. The Morgan fingerprint density at radius 2 is 2.00 bits per heavy atom. The SMILES string of the molecule is O=C(NC1CCS(=O)(=O)C1)c1ccc(NCc2ccncc2)cn1. The third-order valence-electron chi connectivity index (χ3n) is 3.81. The molecule has 1 unspecified atom stereocenters. The van der Waals surface area contributed by atoms with E-state index in [1.54, 1.807) is 30.7 Å². The van der Waals surface area contributed by atoms with Crippen molar-refractivity contribution >= 4 is 21.4 Å². The number of hydrogen-bond acceptors (Lipinski definition) is 6. The van der Waals surface area contributed by atoms with Gasteiger partial charge in [-0.2, -0.15) is 0 Å². The third-order valence-corrected chi connectivity index (χ3v) is 5.58. The molecule has 1 amide bonds. The van der Waals surface area contributed by atoms with Crippen molar-refractivity contribution in [2.75, 3.05) is 16.8 Å². The molecule has 1 atom stereocenters. The summed E-state index contributed by atoms with van der Waals surface area (Å²) in [5, 5.41) is 5.93. The highest BCUT2D eigenvalue weighted by Crippen LogP contribution is 2.13. The maximum Gasteiger partial charge on any atom is 0.270 e. The van der Waals surface area contributed by atoms with Crippen LogP contribution in [-0.4, -0.2) is 41.8 Å². The van der Waals surface area contributed by atoms with Crippen LogP contribution in [0.5, 0.6) is 0 Å². The summed E-state index contributed by atoms with van der Waals surface area (Å²) in [7, 11) is -3.01. The first-order chi connectivity index (χ1) is 11.5. The lowest BCUT2D eigenvalue weighted by molar-refractivity contribution is 0.0936. The van der Waals surface area contributed by atoms with Crippen LogP contribution in [-0.2, 0) is 16.4 Å². The number of sulfone groups is 1. The van der Waals surface area contributed by atoms with Crippen LogP contribution in [0.3, 0.4) is 0 Å². The normalized spacial score (nSPS) is 18.9. The molecule has 0 aliphatic carbocycles. The topological polar surface area (TPSA) is 101 Å². The summed E-state index contributed by atoms with van der Waals surface area (Å²) in [5.74, 6) is -0.217. The smallest absolute Gasteiger partial charge is 0.270 e. The molecule has 1 aliphatic heterocycles. The molecule has 2 aromatic rings. The van der Waals surface area contributed by atoms with Crippen molar-refractivity contribution in [2.45, 2.75) is 19.0 Å². The molecule has 2 N–H and O–H groups in total. The van der Waals surface area contributed by atoms with E-state index in [1.807, 2.05) is 12.1 Å². The zero-order valence-electron chi connectivity index (χ0n) is 13.0. The Hall–Kier alpha value is -2.48. The standard InChI is InChI=1S/C16H18N4O3S/c21-16(20-14-5-8-24(22,23)11-14)15-2-1-13(10-19-15)18-9-12-3-6-17-7-4-12/h1-4,6-7,10,14,18H,5,8-9,11H2,(H,20,21). The number of carbonyl (C=O) groups excluding carboxylic acids is 1. The molecule has 126 valence electrons. The molecular formula is C16H18N4O3S. The van der Waals surface area contributed by atoms with Gasteiger partial charge in [0.25, 0.3) is 5.91 Å². The number of amides is 1. The van der Waals surface area contributed by atoms with Gasteiger partial charge in [-0.05, 0) is 36.2 Å². The first-order valence-electron chi connectivity index (χ1n) is 7.62. The zero-order valence-corrected chi connectivity index (χ0v) is 13.8. The highest BCUT2D eigenvalue weighted by molar-refractivity contribution is 7.91. The molecule has 3 heterocycles. The van der Waals surface area contributed by atoms with Gasteiger partial charge in [0.15, 0.2) is 9.84 Å². The summed E-state index contributed by atoms with van der Waals surface area (Å²) >= 11 is 0. The van der Waals surface area contributed by atoms with E-state index < -0.39 is 9.84 Å². The van der Waals surface area contributed by atoms with Crippen molar-refractivity contribution in [2.24, 2.45) is 0 Å². The highest BCUT2D eigenvalue weighted by atomic mass is 32.2. The molecule has 24 heavy (non-hydrogen) atoms. The maximum atomic E-state index is 12.1. The van der Waals surface area contributed by atoms with Crippen LogP contribution >= 0.6 is 0 Å². The fraction of sp³-hybridized carbons (Fsp3) is 0.312. The molecule has 0 saturated carbocycles. The molecule has 1 fully saturated rings. The average molecular weight is 346 g/mol. The van der Waals surface area contributed by atoms with E-state index in [0.717, 1.165) is 11.3 Å². The fourth-order valence-electron chi connectivity index (χ4n) is 2.51. The van der Waals surface area contributed by atoms with E-state index in [1.165, 1.54) is 0 Å². The van der Waals surface area contributed by atoms with E-state index in [0.29, 0.717) is 13.0 Å². The molecule has 2 aromatic heterocycles. The molecule has 7 nitrogen and oxygen atoms in total. The van der Waals surface area contributed by atoms with Crippen molar-refractivity contribution in [3.05, 3.63) is 54.1 Å². The third kappa shape index (κ3) is 4.29. The van der Waals surface area contributed by atoms with Gasteiger partial charge in [-0.1, -0.05) is 0 Å². The molecule has 1 aliphatic rings. The van der Waals surface area contributed by atoms with Crippen LogP contribution < -0.4 is 10.6 Å². The van der Waals surface area contributed by atoms with Crippen LogP contribution in [0.1, 0.15) is 22.5 Å². The summed E-state index contributed by atoms with van der Waals surface area (Å²) in [4.78, 5) is 20.2. The van der Waals surface area contributed by atoms with Crippen LogP contribution in [0.4, 0.5) is 5.69 Å². The van der Waals surface area contributed by atoms with Crippen molar-refractivity contribution in [1.29, 1.82) is 0 Å². The summed E-state index contributed by atoms with van der Waals surface area (Å²) in [5.41, 5.74) is 2.16. The largest absolute Gasteiger partial charge is 0.380 e. The minimum absolute atomic E-state index is 0.00428. The van der Waals surface area contributed by atoms with Crippen molar-refractivity contribution in [3.8, 4) is 0 Å². The Labute approximate surface area is 140 Å². The van der Waals surface area contributed by atoms with Crippen molar-refractivity contribution in [3.63, 3.8) is 0 Å². The number of hydrogen-bond donors (Lipinski definition) is 2. The van der Waals surface area contributed by atoms with Crippen molar-refractivity contribution < 1.29 is 13.2 Å². The number of nitrogens with one attached hydrogen (secondary N) is 2. The van der Waals surface area contributed by atoms with Gasteiger partial charge in [0.05, 0.1) is 23.4 Å². The molecule has 0 bridgehead atoms. The molecule has 8 heteroatoms. The van der Waals surface area contributed by atoms with E-state index in [9.17, 15) is 13.2 Å². The quantitative estimate of drug-likeness (QED) is 0.838. The Balaban J connectivity index is 1.55. The van der Waals surface area contributed by atoms with Gasteiger partial charge in [-0.25, -0.2) is 13.4 Å². The second kappa shape index (κ2) is 6.96. The Morgan fingerprint density at radius 3 is 2.62 bits per heavy atom. The monoisotopic (exact) mass is 346 g/mol. The summed E-state index contributed by atoms with van der Waals surface area (Å²) < 4.78 is 22.8. The lowest BCUT2D eigenvalue weighted by atomic mass is 10.2. The molecule has 3 rings (SSSR count). The lowest BCUT2D eigenvalue weighted by Crippen LogP contribution is -2.36. The first-order valence-corrected chi connectivity index (χ1v) is 9.44. The van der Waals surface area contributed by atoms with E-state index in [-0.39, 0.29) is 29.1 Å². The highest BCUT2D eigenvalue weighted by Gasteiger charge is 2.29. The zero-order chi connectivity index (χ0) is 17.0. The minimum atomic E-state index is -3.01. The van der Waals surface area contributed by atoms with Gasteiger partial charge in [0, 0.05) is 25.0 Å². The van der Waals surface area contributed by atoms with Gasteiger partial charge >= 0.3 is 0 Å². The van der Waals surface area contributed by atoms with Gasteiger partial charge < -0.3 is 10.6 Å². The summed E-state index contributed by atoms with van der Waals surface area (Å²) in [6, 6.07) is 6.89. The van der Waals surface area contributed by atoms with Gasteiger partial charge in [0.1, 0.15) is 5.69 Å². The molecular weight excluding hydrogens is 328 g/mol. The minimum Gasteiger partial charge on any atom is -0.380 e. The number of rotatable bonds is 5. The predicted octanol–water partition coefficient (Wildman–Crippen LogP) is 1.01. The Bertz CT molecular complexity index is 807. The van der Waals surface area contributed by atoms with Gasteiger partial charge in [-0.15, -0.1) is 0 Å². The molecule has 0 radical (unpaired) electrons. The Morgan fingerprint density at radius 1 is 1.21 bits per heavy atom. The lowest BCUT2D eigenvalue weighted by Gasteiger charge is -2.11. The van der Waals surface area contributed by atoms with Crippen LogP contribution in [0.25, 0.3) is 0 Å². The number of anilines is 1. The van der Waals surface area contributed by atoms with E-state index in [2.05, 4.69) is 20.6 Å². The number of pyridine rings is 2. The van der Waals surface area contributed by atoms with Crippen LogP contribution in [0.15, 0.2) is 42.9 Å². The van der Waals surface area contributed by atoms with Gasteiger partial charge in [-0.3, -0.25) is 9.78 Å². The van der Waals surface area contributed by atoms with E-state index in [4.69, 9.17) is 0 Å². The molecule has 0 spiro atoms. The van der Waals surface area contributed by atoms with Crippen LogP contribution in [0, 0.1) is 0 Å². The fourth-order valence-corrected chi connectivity index (χ4v) is 4.18. The predicted molar refractivity (Wildman–Crippen MR) is 90.3 cm³/mol. The molecule has 1 saturated heterocycles. The maximum absolute atomic E-state index is 12.1. The second-order valence-corrected chi connectivity index (χ2v) is 7.94. The number of aromatic nitrogens is 2. The number of nitrogens with zero attached hydrogens (tertiary/aromatic N) is 2.